The second kappa shape index (κ2) is 13.4. The van der Waals surface area contributed by atoms with Gasteiger partial charge in [-0.25, -0.2) is 9.00 Å². The summed E-state index contributed by atoms with van der Waals surface area (Å²) in [6.07, 6.45) is 1.64. The van der Waals surface area contributed by atoms with Gasteiger partial charge in [0, 0.05) is 5.69 Å². The van der Waals surface area contributed by atoms with E-state index in [0.717, 1.165) is 24.3 Å². The number of nitrogens with zero attached hydrogens (tertiary/aromatic N) is 7. The van der Waals surface area contributed by atoms with Crippen molar-refractivity contribution in [1.82, 2.24) is 15.0 Å². The third-order valence-corrected chi connectivity index (χ3v) is 8.46. The summed E-state index contributed by atoms with van der Waals surface area (Å²) in [5, 5.41) is 16.0. The molecule has 3 aromatic rings. The largest absolute Gasteiger partial charge is 0.478 e. The predicted molar refractivity (Wildman–Crippen MR) is 169 cm³/mol. The van der Waals surface area contributed by atoms with Crippen molar-refractivity contribution in [3.05, 3.63) is 91.9 Å². The highest BCUT2D eigenvalue weighted by molar-refractivity contribution is 7.94. The Balaban J connectivity index is 1.92. The molecule has 0 radical (unpaired) electrons. The molecule has 0 bridgehead atoms. The number of carboxylic acid groups (broad SMARTS) is 1. The minimum Gasteiger partial charge on any atom is -0.478 e. The number of nitrogens with one attached hydrogen (secondary N) is 1. The Morgan fingerprint density at radius 3 is 2.29 bits per heavy atom. The second-order valence-corrected chi connectivity index (χ2v) is 13.5. The number of nitrogen functional groups attached to an aromatic ring is 1. The SMILES string of the molecule is Nc1nc(Cl)nc(Nc2ccc(N([N+]#Cc3ccccc3S(=O)(=O)O)[N+](=O)N=C3C=CC(S(=O)(=O)O)=CC3=S(=O)(O)O)c(C(=O)O)c2)n1. The monoisotopic (exact) mass is 743 g/mol. The third kappa shape index (κ3) is 8.49. The van der Waals surface area contributed by atoms with Gasteiger partial charge in [0.2, 0.25) is 33.0 Å². The number of hydrazine groups is 1. The maximum Gasteiger partial charge on any atom is 0.366 e. The summed E-state index contributed by atoms with van der Waals surface area (Å²) in [5.74, 6) is -2.17. The molecule has 25 heteroatoms. The molecule has 1 heterocycles. The van der Waals surface area contributed by atoms with E-state index in [1.807, 2.05) is 0 Å². The summed E-state index contributed by atoms with van der Waals surface area (Å²) in [5.41, 5.74) is 2.91. The fraction of sp³-hybridized carbons (Fsp3) is 0. The van der Waals surface area contributed by atoms with E-state index in [0.29, 0.717) is 18.2 Å². The molecule has 0 fully saturated rings. The highest BCUT2D eigenvalue weighted by Gasteiger charge is 2.40. The van der Waals surface area contributed by atoms with Crippen LogP contribution in [0, 0.1) is 11.0 Å². The number of rotatable bonds is 8. The number of aromatic nitrogens is 3. The normalized spacial score (nSPS) is 14.1. The fourth-order valence-corrected chi connectivity index (χ4v) is 5.72. The Morgan fingerprint density at radius 1 is 1.00 bits per heavy atom. The van der Waals surface area contributed by atoms with Crippen molar-refractivity contribution < 1.29 is 54.1 Å². The Hall–Kier alpha value is -5.39. The van der Waals surface area contributed by atoms with Crippen molar-refractivity contribution in [2.24, 2.45) is 5.10 Å². The lowest BCUT2D eigenvalue weighted by Gasteiger charge is -2.09. The smallest absolute Gasteiger partial charge is 0.366 e. The van der Waals surface area contributed by atoms with Gasteiger partial charge in [0.15, 0.2) is 10.7 Å². The van der Waals surface area contributed by atoms with Gasteiger partial charge in [-0.1, -0.05) is 12.1 Å². The number of carbonyl (C=O) groups is 1. The fourth-order valence-electron chi connectivity index (χ4n) is 3.66. The minimum atomic E-state index is -5.07. The number of anilines is 4. The zero-order chi connectivity index (χ0) is 35.6. The van der Waals surface area contributed by atoms with E-state index in [1.54, 1.807) is 0 Å². The van der Waals surface area contributed by atoms with Crippen LogP contribution < -0.4 is 16.2 Å². The molecule has 1 aliphatic carbocycles. The van der Waals surface area contributed by atoms with Crippen LogP contribution in [0.5, 0.6) is 0 Å². The van der Waals surface area contributed by atoms with Gasteiger partial charge in [0.25, 0.3) is 25.4 Å². The zero-order valence-corrected chi connectivity index (χ0v) is 26.4. The molecule has 250 valence electrons. The number of hydrogen-bond donors (Lipinski definition) is 7. The Kier molecular flexibility index (Phi) is 9.89. The molecule has 0 saturated carbocycles. The third-order valence-electron chi connectivity index (χ3n) is 5.63. The molecule has 4 rings (SSSR count). The molecule has 0 spiro atoms. The Bertz CT molecular complexity index is 2370. The summed E-state index contributed by atoms with van der Waals surface area (Å²) in [6, 6.07) is 9.90. The van der Waals surface area contributed by atoms with Crippen LogP contribution in [0.3, 0.4) is 0 Å². The molecule has 2 aromatic carbocycles. The van der Waals surface area contributed by atoms with Gasteiger partial charge in [-0.15, -0.1) is 0 Å². The van der Waals surface area contributed by atoms with Crippen LogP contribution in [0.15, 0.2) is 75.6 Å². The average Bonchev–Trinajstić information content (AvgIpc) is 2.96. The molecular formula is C23H18ClN9O12S3+2. The lowest BCUT2D eigenvalue weighted by molar-refractivity contribution is -0.559. The standard InChI is InChI=1S/C23H16ClN9O12S3/c24-21-28-22(25)30-23(29-21)27-13-5-8-17(15(9-13)20(34)35)32(26-11-12-3-1-2-4-18(12)47(40,41)42)33(36)31-16-7-6-14(46(37,38)39)10-19(16)48(43,44)45/h1-10H,(H6-2,25,27,28,29,30,31,34,35,36,37,38,39,40,41,42,43,44,45)/p+2. The summed E-state index contributed by atoms with van der Waals surface area (Å²) >= 11 is 5.76. The van der Waals surface area contributed by atoms with Crippen molar-refractivity contribution >= 4 is 81.7 Å². The molecule has 8 N–H and O–H groups in total. The molecule has 48 heavy (non-hydrogen) atoms. The molecule has 0 unspecified atom stereocenters. The van der Waals surface area contributed by atoms with E-state index in [2.05, 4.69) is 36.4 Å². The quantitative estimate of drug-likeness (QED) is 0.0747. The number of hydrazone groups is 1. The highest BCUT2D eigenvalue weighted by Crippen LogP contribution is 2.28. The van der Waals surface area contributed by atoms with Gasteiger partial charge >= 0.3 is 17.0 Å². The van der Waals surface area contributed by atoms with Gasteiger partial charge in [-0.2, -0.15) is 31.8 Å². The van der Waals surface area contributed by atoms with Crippen LogP contribution >= 0.6 is 11.6 Å². The number of halogens is 1. The summed E-state index contributed by atoms with van der Waals surface area (Å²) in [6.45, 7) is 0. The molecule has 0 aliphatic heterocycles. The van der Waals surface area contributed by atoms with E-state index in [9.17, 15) is 54.1 Å². The van der Waals surface area contributed by atoms with Crippen LogP contribution in [0.1, 0.15) is 15.9 Å². The lowest BCUT2D eigenvalue weighted by atomic mass is 10.1. The van der Waals surface area contributed by atoms with Crippen LogP contribution in [0.2, 0.25) is 5.28 Å². The first-order valence-corrected chi connectivity index (χ1v) is 16.9. The molecule has 1 aromatic heterocycles. The average molecular weight is 744 g/mol. The van der Waals surface area contributed by atoms with Gasteiger partial charge in [-0.3, -0.25) is 18.2 Å². The molecule has 21 nitrogen and oxygen atoms in total. The van der Waals surface area contributed by atoms with Crippen molar-refractivity contribution in [2.45, 2.75) is 4.90 Å². The summed E-state index contributed by atoms with van der Waals surface area (Å²) < 4.78 is 97.4. The molecular weight excluding hydrogens is 726 g/mol. The van der Waals surface area contributed by atoms with E-state index in [4.69, 9.17) is 17.3 Å². The molecule has 0 amide bonds. The van der Waals surface area contributed by atoms with E-state index >= 15 is 0 Å². The van der Waals surface area contributed by atoms with Gasteiger partial charge in [-0.05, 0) is 60.2 Å². The van der Waals surface area contributed by atoms with Gasteiger partial charge in [0.05, 0.1) is 20.5 Å². The highest BCUT2D eigenvalue weighted by atomic mass is 35.5. The molecule has 0 saturated heterocycles. The number of nitrogens with two attached hydrogens (primary N) is 1. The molecule has 0 atom stereocenters. The summed E-state index contributed by atoms with van der Waals surface area (Å²) in [7, 11) is -14.9. The Morgan fingerprint density at radius 2 is 1.69 bits per heavy atom. The maximum atomic E-state index is 13.5. The first kappa shape index (κ1) is 35.5. The maximum absolute atomic E-state index is 13.5. The van der Waals surface area contributed by atoms with Crippen LogP contribution in [0.25, 0.3) is 4.95 Å². The van der Waals surface area contributed by atoms with Crippen LogP contribution in [-0.2, 0) is 30.3 Å². The number of nitroso groups, excluding NO2 is 1. The van der Waals surface area contributed by atoms with Crippen molar-refractivity contribution in [1.29, 1.82) is 0 Å². The number of aromatic carboxylic acids is 1. The Labute approximate surface area is 274 Å². The van der Waals surface area contributed by atoms with E-state index in [-0.39, 0.29) is 28.0 Å². The van der Waals surface area contributed by atoms with Gasteiger partial charge in [0.1, 0.15) is 15.3 Å². The lowest BCUT2D eigenvalue weighted by Crippen LogP contribution is -2.30. The molecule has 1 aliphatic rings. The predicted octanol–water partition coefficient (Wildman–Crippen LogP) is 1.69. The minimum absolute atomic E-state index is 0.0137. The first-order valence-electron chi connectivity index (χ1n) is 12.2. The topological polar surface area (TPSA) is 320 Å². The van der Waals surface area contributed by atoms with Crippen LogP contribution in [-0.4, -0.2) is 80.8 Å². The van der Waals surface area contributed by atoms with E-state index < -0.39 is 78.5 Å². The number of allylic oxidation sites excluding steroid dienone is 3. The van der Waals surface area contributed by atoms with E-state index in [1.165, 1.54) is 18.2 Å². The van der Waals surface area contributed by atoms with Crippen molar-refractivity contribution in [3.63, 3.8) is 0 Å². The zero-order valence-electron chi connectivity index (χ0n) is 23.2. The summed E-state index contributed by atoms with van der Waals surface area (Å²) in [4.78, 5) is 37.3. The number of hydrogen-bond acceptors (Lipinski definition) is 12. The second-order valence-electron chi connectivity index (χ2n) is 8.87. The van der Waals surface area contributed by atoms with Gasteiger partial charge < -0.3 is 16.2 Å². The van der Waals surface area contributed by atoms with Crippen molar-refractivity contribution in [3.8, 4) is 6.07 Å². The number of carboxylic acids is 1. The number of benzene rings is 2. The first-order chi connectivity index (χ1) is 22.2. The van der Waals surface area contributed by atoms with Crippen LogP contribution in [0.4, 0.5) is 23.3 Å². The van der Waals surface area contributed by atoms with Crippen molar-refractivity contribution in [2.75, 3.05) is 16.2 Å².